The van der Waals surface area contributed by atoms with E-state index in [1.54, 1.807) is 0 Å². The van der Waals surface area contributed by atoms with Crippen LogP contribution in [0, 0.1) is 10.1 Å². The number of carboxylic acids is 1. The van der Waals surface area contributed by atoms with E-state index >= 15 is 0 Å². The highest BCUT2D eigenvalue weighted by molar-refractivity contribution is 5.96. The average Bonchev–Trinajstić information content (AvgIpc) is 2.92. The number of carbonyl (C=O) groups is 2. The minimum Gasteiger partial charge on any atom is -0.480 e. The summed E-state index contributed by atoms with van der Waals surface area (Å²) < 4.78 is 1.27. The van der Waals surface area contributed by atoms with Gasteiger partial charge >= 0.3 is 5.97 Å². The standard InChI is InChI=1S/C11H13N3O6/c1-12-4-6(14(19)20)2-8(12)10(16)13-5-7(15)3-9(13)11(17)18/h2,4,7,9,15H,3,5H2,1H3,(H,17,18)/t7?,9-/m0/s1. The Morgan fingerprint density at radius 3 is 2.65 bits per heavy atom. The van der Waals surface area contributed by atoms with Gasteiger partial charge in [0.25, 0.3) is 11.6 Å². The van der Waals surface area contributed by atoms with Crippen LogP contribution in [0.3, 0.4) is 0 Å². The maximum Gasteiger partial charge on any atom is 0.326 e. The fourth-order valence-electron chi connectivity index (χ4n) is 2.28. The molecule has 2 N–H and O–H groups in total. The molecule has 2 heterocycles. The number of aliphatic hydroxyl groups excluding tert-OH is 1. The Hall–Kier alpha value is -2.42. The highest BCUT2D eigenvalue weighted by Gasteiger charge is 2.40. The van der Waals surface area contributed by atoms with E-state index in [0.717, 1.165) is 11.0 Å². The Morgan fingerprint density at radius 1 is 1.50 bits per heavy atom. The van der Waals surface area contributed by atoms with Crippen molar-refractivity contribution >= 4 is 17.6 Å². The molecule has 1 saturated heterocycles. The summed E-state index contributed by atoms with van der Waals surface area (Å²) in [5, 5.41) is 29.2. The third kappa shape index (κ3) is 2.35. The van der Waals surface area contributed by atoms with Gasteiger partial charge in [-0.1, -0.05) is 0 Å². The molecule has 1 aliphatic heterocycles. The van der Waals surface area contributed by atoms with E-state index in [0.29, 0.717) is 0 Å². The second-order valence-corrected chi connectivity index (χ2v) is 4.65. The summed E-state index contributed by atoms with van der Waals surface area (Å²) in [4.78, 5) is 34.4. The van der Waals surface area contributed by atoms with Crippen LogP contribution in [0.2, 0.25) is 0 Å². The first kappa shape index (κ1) is 14.0. The second-order valence-electron chi connectivity index (χ2n) is 4.65. The zero-order valence-corrected chi connectivity index (χ0v) is 10.6. The molecule has 0 bridgehead atoms. The number of carboxylic acid groups (broad SMARTS) is 1. The number of β-amino-alcohol motifs (C(OH)–C–C–N with tert-alkyl or cyclic N) is 1. The minimum atomic E-state index is -1.21. The summed E-state index contributed by atoms with van der Waals surface area (Å²) >= 11 is 0. The van der Waals surface area contributed by atoms with E-state index in [2.05, 4.69) is 0 Å². The molecule has 20 heavy (non-hydrogen) atoms. The molecule has 1 aromatic heterocycles. The molecule has 9 nitrogen and oxygen atoms in total. The molecule has 0 aromatic carbocycles. The van der Waals surface area contributed by atoms with Crippen molar-refractivity contribution in [1.29, 1.82) is 0 Å². The number of nitro groups is 1. The third-order valence-corrected chi connectivity index (χ3v) is 3.25. The van der Waals surface area contributed by atoms with Gasteiger partial charge in [-0.15, -0.1) is 0 Å². The summed E-state index contributed by atoms with van der Waals surface area (Å²) in [6.07, 6.45) is 0.221. The largest absolute Gasteiger partial charge is 0.480 e. The second kappa shape index (κ2) is 4.93. The smallest absolute Gasteiger partial charge is 0.326 e. The van der Waals surface area contributed by atoms with Gasteiger partial charge in [0, 0.05) is 26.1 Å². The van der Waals surface area contributed by atoms with Crippen LogP contribution >= 0.6 is 0 Å². The lowest BCUT2D eigenvalue weighted by atomic mass is 10.2. The van der Waals surface area contributed by atoms with Crippen LogP contribution in [0.5, 0.6) is 0 Å². The predicted molar refractivity (Wildman–Crippen MR) is 65.2 cm³/mol. The molecule has 1 aliphatic rings. The van der Waals surface area contributed by atoms with Crippen molar-refractivity contribution in [3.8, 4) is 0 Å². The van der Waals surface area contributed by atoms with E-state index in [1.165, 1.54) is 17.8 Å². The number of nitrogens with zero attached hydrogens (tertiary/aromatic N) is 3. The Morgan fingerprint density at radius 2 is 2.15 bits per heavy atom. The van der Waals surface area contributed by atoms with E-state index < -0.39 is 28.9 Å². The number of aromatic nitrogens is 1. The molecule has 0 radical (unpaired) electrons. The van der Waals surface area contributed by atoms with Crippen LogP contribution in [0.25, 0.3) is 0 Å². The Bertz CT molecular complexity index is 581. The van der Waals surface area contributed by atoms with Gasteiger partial charge in [-0.3, -0.25) is 14.9 Å². The normalized spacial score (nSPS) is 22.0. The van der Waals surface area contributed by atoms with Crippen LogP contribution in [-0.2, 0) is 11.8 Å². The number of hydrogen-bond donors (Lipinski definition) is 2. The molecule has 2 atom stereocenters. The first-order valence-corrected chi connectivity index (χ1v) is 5.84. The SMILES string of the molecule is Cn1cc([N+](=O)[O-])cc1C(=O)N1CC(O)C[C@H]1C(=O)O. The zero-order chi connectivity index (χ0) is 15.0. The molecule has 1 fully saturated rings. The molecular weight excluding hydrogens is 270 g/mol. The number of amides is 1. The van der Waals surface area contributed by atoms with Crippen molar-refractivity contribution in [2.45, 2.75) is 18.6 Å². The van der Waals surface area contributed by atoms with Crippen molar-refractivity contribution in [3.05, 3.63) is 28.1 Å². The van der Waals surface area contributed by atoms with Gasteiger partial charge in [0.05, 0.1) is 17.2 Å². The number of aliphatic carboxylic acids is 1. The third-order valence-electron chi connectivity index (χ3n) is 3.25. The van der Waals surface area contributed by atoms with Gasteiger partial charge in [-0.05, 0) is 0 Å². The monoisotopic (exact) mass is 283 g/mol. The Labute approximate surface area is 113 Å². The van der Waals surface area contributed by atoms with Crippen molar-refractivity contribution in [3.63, 3.8) is 0 Å². The molecule has 1 aromatic rings. The van der Waals surface area contributed by atoms with Gasteiger partial charge in [0.15, 0.2) is 0 Å². The number of aliphatic hydroxyl groups is 1. The maximum atomic E-state index is 12.3. The fraction of sp³-hybridized carbons (Fsp3) is 0.455. The van der Waals surface area contributed by atoms with Crippen LogP contribution in [0.4, 0.5) is 5.69 Å². The van der Waals surface area contributed by atoms with Crippen LogP contribution in [0.1, 0.15) is 16.9 Å². The molecule has 2 rings (SSSR count). The summed E-state index contributed by atoms with van der Waals surface area (Å²) in [6.45, 7) is -0.102. The number of aryl methyl sites for hydroxylation is 1. The minimum absolute atomic E-state index is 0.0112. The number of carbonyl (C=O) groups excluding carboxylic acids is 1. The summed E-state index contributed by atoms with van der Waals surface area (Å²) in [5.74, 6) is -1.86. The number of hydrogen-bond acceptors (Lipinski definition) is 5. The van der Waals surface area contributed by atoms with Gasteiger partial charge in [0.2, 0.25) is 0 Å². The van der Waals surface area contributed by atoms with Crippen molar-refractivity contribution < 1.29 is 24.7 Å². The van der Waals surface area contributed by atoms with E-state index in [1.807, 2.05) is 0 Å². The van der Waals surface area contributed by atoms with Gasteiger partial charge in [-0.2, -0.15) is 0 Å². The van der Waals surface area contributed by atoms with Crippen LogP contribution < -0.4 is 0 Å². The summed E-state index contributed by atoms with van der Waals surface area (Å²) in [5.41, 5.74) is -0.237. The molecule has 108 valence electrons. The average molecular weight is 283 g/mol. The van der Waals surface area contributed by atoms with Crippen LogP contribution in [-0.4, -0.2) is 55.2 Å². The maximum absolute atomic E-state index is 12.3. The van der Waals surface area contributed by atoms with E-state index in [4.69, 9.17) is 5.11 Å². The Kier molecular flexibility index (Phi) is 3.45. The fourth-order valence-corrected chi connectivity index (χ4v) is 2.28. The molecule has 0 spiro atoms. The lowest BCUT2D eigenvalue weighted by Gasteiger charge is -2.21. The molecule has 1 amide bonds. The van der Waals surface area contributed by atoms with Crippen LogP contribution in [0.15, 0.2) is 12.3 Å². The predicted octanol–water partition coefficient (Wildman–Crippen LogP) is -0.407. The highest BCUT2D eigenvalue weighted by atomic mass is 16.6. The van der Waals surface area contributed by atoms with Crippen molar-refractivity contribution in [2.75, 3.05) is 6.54 Å². The van der Waals surface area contributed by atoms with E-state index in [-0.39, 0.29) is 24.3 Å². The van der Waals surface area contributed by atoms with Gasteiger partial charge in [-0.25, -0.2) is 4.79 Å². The molecule has 0 aliphatic carbocycles. The van der Waals surface area contributed by atoms with E-state index in [9.17, 15) is 24.8 Å². The number of likely N-dealkylation sites (tertiary alicyclic amines) is 1. The van der Waals surface area contributed by atoms with Crippen molar-refractivity contribution in [2.24, 2.45) is 7.05 Å². The zero-order valence-electron chi connectivity index (χ0n) is 10.6. The van der Waals surface area contributed by atoms with Gasteiger partial charge in [0.1, 0.15) is 11.7 Å². The number of rotatable bonds is 3. The molecule has 0 saturated carbocycles. The summed E-state index contributed by atoms with van der Waals surface area (Å²) in [6, 6.07) is -0.0298. The Balaban J connectivity index is 2.31. The van der Waals surface area contributed by atoms with Gasteiger partial charge < -0.3 is 19.7 Å². The lowest BCUT2D eigenvalue weighted by molar-refractivity contribution is -0.384. The molecular formula is C11H13N3O6. The lowest BCUT2D eigenvalue weighted by Crippen LogP contribution is -2.41. The quantitative estimate of drug-likeness (QED) is 0.574. The summed E-state index contributed by atoms with van der Waals surface area (Å²) in [7, 11) is 1.46. The first-order chi connectivity index (χ1) is 9.31. The first-order valence-electron chi connectivity index (χ1n) is 5.84. The molecule has 9 heteroatoms. The van der Waals surface area contributed by atoms with Crippen molar-refractivity contribution in [1.82, 2.24) is 9.47 Å². The topological polar surface area (TPSA) is 126 Å². The molecule has 1 unspecified atom stereocenters. The highest BCUT2D eigenvalue weighted by Crippen LogP contribution is 2.23.